The van der Waals surface area contributed by atoms with E-state index in [1.807, 2.05) is 49.4 Å². The van der Waals surface area contributed by atoms with Crippen LogP contribution in [0.15, 0.2) is 59.4 Å². The Morgan fingerprint density at radius 2 is 1.79 bits per heavy atom. The van der Waals surface area contributed by atoms with Crippen LogP contribution in [0.2, 0.25) is 0 Å². The number of methoxy groups -OCH3 is 1. The first-order chi connectivity index (χ1) is 16.2. The van der Waals surface area contributed by atoms with Crippen LogP contribution in [0.4, 0.5) is 5.69 Å². The van der Waals surface area contributed by atoms with E-state index in [0.29, 0.717) is 16.9 Å². The fourth-order valence-electron chi connectivity index (χ4n) is 4.37. The van der Waals surface area contributed by atoms with E-state index in [0.717, 1.165) is 54.2 Å². The minimum absolute atomic E-state index is 0.187. The summed E-state index contributed by atoms with van der Waals surface area (Å²) in [5.41, 5.74) is 5.22. The molecule has 33 heavy (non-hydrogen) atoms. The van der Waals surface area contributed by atoms with Crippen molar-refractivity contribution in [2.75, 3.05) is 25.1 Å². The van der Waals surface area contributed by atoms with E-state index in [-0.39, 0.29) is 5.56 Å². The highest BCUT2D eigenvalue weighted by Crippen LogP contribution is 2.34. The summed E-state index contributed by atoms with van der Waals surface area (Å²) in [5, 5.41) is 3.34. The van der Waals surface area contributed by atoms with Gasteiger partial charge in [0.2, 0.25) is 0 Å². The van der Waals surface area contributed by atoms with Gasteiger partial charge in [-0.3, -0.25) is 9.89 Å². The van der Waals surface area contributed by atoms with E-state index < -0.39 is 0 Å². The van der Waals surface area contributed by atoms with Crippen molar-refractivity contribution in [3.05, 3.63) is 81.8 Å². The van der Waals surface area contributed by atoms with Crippen LogP contribution in [-0.4, -0.2) is 34.8 Å². The number of nitrogens with one attached hydrogen (secondary N) is 1. The third kappa shape index (κ3) is 3.98. The standard InChI is InChI=1S/C27H26N4O2/c1-19-23(15-14-20-10-9-13-22(18-20)33-2)27(32)31-26(28-19)25(30-16-7-4-8-17-30)24(29-31)21-11-5-3-6-12-21/h3,5-6,9-13,18,29H,4,7-8,16-17H2,1-2H3. The maximum Gasteiger partial charge on any atom is 0.288 e. The zero-order chi connectivity index (χ0) is 22.8. The van der Waals surface area contributed by atoms with Gasteiger partial charge in [0.15, 0.2) is 5.65 Å². The molecule has 1 N–H and O–H groups in total. The van der Waals surface area contributed by atoms with Crippen molar-refractivity contribution in [3.63, 3.8) is 0 Å². The Balaban J connectivity index is 1.68. The van der Waals surface area contributed by atoms with Gasteiger partial charge < -0.3 is 9.64 Å². The van der Waals surface area contributed by atoms with Gasteiger partial charge in [-0.05, 0) is 44.4 Å². The Morgan fingerprint density at radius 3 is 2.55 bits per heavy atom. The number of piperidine rings is 1. The summed E-state index contributed by atoms with van der Waals surface area (Å²) < 4.78 is 6.82. The molecule has 0 radical (unpaired) electrons. The minimum atomic E-state index is -0.187. The number of aryl methyl sites for hydroxylation is 1. The molecule has 2 aromatic carbocycles. The number of aromatic nitrogens is 3. The molecule has 1 saturated heterocycles. The van der Waals surface area contributed by atoms with Crippen LogP contribution in [0.5, 0.6) is 5.75 Å². The van der Waals surface area contributed by atoms with Crippen molar-refractivity contribution in [1.82, 2.24) is 14.6 Å². The summed E-state index contributed by atoms with van der Waals surface area (Å²) in [4.78, 5) is 20.7. The van der Waals surface area contributed by atoms with Gasteiger partial charge in [0.05, 0.1) is 18.5 Å². The van der Waals surface area contributed by atoms with Crippen molar-refractivity contribution in [3.8, 4) is 28.8 Å². The Kier molecular flexibility index (Phi) is 5.62. The van der Waals surface area contributed by atoms with Crippen LogP contribution in [-0.2, 0) is 0 Å². The largest absolute Gasteiger partial charge is 0.497 e. The molecule has 1 aliphatic heterocycles. The highest BCUT2D eigenvalue weighted by atomic mass is 16.5. The first-order valence-corrected chi connectivity index (χ1v) is 11.3. The van der Waals surface area contributed by atoms with Gasteiger partial charge >= 0.3 is 0 Å². The maximum absolute atomic E-state index is 13.5. The molecule has 6 nitrogen and oxygen atoms in total. The zero-order valence-corrected chi connectivity index (χ0v) is 18.9. The van der Waals surface area contributed by atoms with Crippen LogP contribution in [0.1, 0.15) is 36.1 Å². The molecule has 0 saturated carbocycles. The summed E-state index contributed by atoms with van der Waals surface area (Å²) in [6, 6.07) is 17.6. The molecule has 3 heterocycles. The second-order valence-electron chi connectivity index (χ2n) is 8.27. The molecule has 0 spiro atoms. The molecule has 2 aromatic heterocycles. The molecule has 5 rings (SSSR count). The van der Waals surface area contributed by atoms with Crippen LogP contribution in [0, 0.1) is 18.8 Å². The van der Waals surface area contributed by atoms with Gasteiger partial charge in [0.25, 0.3) is 5.56 Å². The van der Waals surface area contributed by atoms with Gasteiger partial charge in [0, 0.05) is 24.2 Å². The number of H-pyrrole nitrogens is 1. The number of hydrogen-bond acceptors (Lipinski definition) is 4. The average Bonchev–Trinajstić information content (AvgIpc) is 3.24. The fourth-order valence-corrected chi connectivity index (χ4v) is 4.37. The van der Waals surface area contributed by atoms with Crippen molar-refractivity contribution in [2.45, 2.75) is 26.2 Å². The second-order valence-corrected chi connectivity index (χ2v) is 8.27. The average molecular weight is 439 g/mol. The summed E-state index contributed by atoms with van der Waals surface area (Å²) >= 11 is 0. The van der Waals surface area contributed by atoms with Crippen molar-refractivity contribution in [1.29, 1.82) is 0 Å². The van der Waals surface area contributed by atoms with Crippen LogP contribution < -0.4 is 15.2 Å². The quantitative estimate of drug-likeness (QED) is 0.482. The number of nitrogens with zero attached hydrogens (tertiary/aromatic N) is 3. The summed E-state index contributed by atoms with van der Waals surface area (Å²) in [7, 11) is 1.62. The van der Waals surface area contributed by atoms with Crippen LogP contribution in [0.25, 0.3) is 16.9 Å². The van der Waals surface area contributed by atoms with E-state index >= 15 is 0 Å². The predicted octanol–water partition coefficient (Wildman–Crippen LogP) is 4.40. The Morgan fingerprint density at radius 1 is 1.00 bits per heavy atom. The predicted molar refractivity (Wildman–Crippen MR) is 131 cm³/mol. The van der Waals surface area contributed by atoms with Crippen LogP contribution in [0.3, 0.4) is 0 Å². The van der Waals surface area contributed by atoms with Gasteiger partial charge in [-0.2, -0.15) is 4.52 Å². The Hall–Kier alpha value is -3.98. The first-order valence-electron chi connectivity index (χ1n) is 11.3. The number of anilines is 1. The fraction of sp³-hybridized carbons (Fsp3) is 0.259. The van der Waals surface area contributed by atoms with Crippen LogP contribution >= 0.6 is 0 Å². The Bertz CT molecular complexity index is 1420. The maximum atomic E-state index is 13.5. The molecule has 6 heteroatoms. The van der Waals surface area contributed by atoms with Crippen molar-refractivity contribution >= 4 is 11.3 Å². The SMILES string of the molecule is COc1cccc(C#Cc2c(C)nc3c(N4CCCCC4)c(-c4ccccc4)[nH]n3c2=O)c1. The van der Waals surface area contributed by atoms with Gasteiger partial charge in [-0.15, -0.1) is 0 Å². The lowest BCUT2D eigenvalue weighted by molar-refractivity contribution is 0.414. The molecule has 1 aliphatic rings. The number of aromatic amines is 1. The highest BCUT2D eigenvalue weighted by Gasteiger charge is 2.24. The van der Waals surface area contributed by atoms with Gasteiger partial charge in [-0.25, -0.2) is 4.98 Å². The number of hydrogen-bond donors (Lipinski definition) is 1. The molecule has 166 valence electrons. The Labute approximate surface area is 192 Å². The number of rotatable bonds is 3. The van der Waals surface area contributed by atoms with Crippen molar-refractivity contribution in [2.24, 2.45) is 0 Å². The summed E-state index contributed by atoms with van der Waals surface area (Å²) in [6.07, 6.45) is 3.51. The van der Waals surface area contributed by atoms with E-state index in [9.17, 15) is 4.79 Å². The third-order valence-corrected chi connectivity index (χ3v) is 6.07. The summed E-state index contributed by atoms with van der Waals surface area (Å²) in [5.74, 6) is 6.87. The van der Waals surface area contributed by atoms with Gasteiger partial charge in [0.1, 0.15) is 17.0 Å². The monoisotopic (exact) mass is 438 g/mol. The molecular formula is C27H26N4O2. The molecule has 0 amide bonds. The first kappa shape index (κ1) is 20.9. The normalized spacial score (nSPS) is 13.6. The molecule has 4 aromatic rings. The van der Waals surface area contributed by atoms with E-state index in [2.05, 4.69) is 34.0 Å². The summed E-state index contributed by atoms with van der Waals surface area (Å²) in [6.45, 7) is 3.77. The zero-order valence-electron chi connectivity index (χ0n) is 18.9. The lowest BCUT2D eigenvalue weighted by Crippen LogP contribution is -2.30. The van der Waals surface area contributed by atoms with Gasteiger partial charge in [-0.1, -0.05) is 48.2 Å². The van der Waals surface area contributed by atoms with E-state index in [1.54, 1.807) is 11.6 Å². The minimum Gasteiger partial charge on any atom is -0.497 e. The van der Waals surface area contributed by atoms with E-state index in [1.165, 1.54) is 6.42 Å². The smallest absolute Gasteiger partial charge is 0.288 e. The molecular weight excluding hydrogens is 412 g/mol. The molecule has 1 fully saturated rings. The molecule has 0 bridgehead atoms. The number of ether oxygens (including phenoxy) is 1. The third-order valence-electron chi connectivity index (χ3n) is 6.07. The lowest BCUT2D eigenvalue weighted by Gasteiger charge is -2.28. The highest BCUT2D eigenvalue weighted by molar-refractivity contribution is 5.86. The second kappa shape index (κ2) is 8.87. The topological polar surface area (TPSA) is 62.6 Å². The molecule has 0 unspecified atom stereocenters. The van der Waals surface area contributed by atoms with Crippen molar-refractivity contribution < 1.29 is 4.74 Å². The number of benzene rings is 2. The lowest BCUT2D eigenvalue weighted by atomic mass is 10.1. The molecule has 0 aliphatic carbocycles. The van der Waals surface area contributed by atoms with E-state index in [4.69, 9.17) is 9.72 Å². The number of fused-ring (bicyclic) bond motifs is 1. The molecule has 0 atom stereocenters.